The summed E-state index contributed by atoms with van der Waals surface area (Å²) in [6.45, 7) is 7.74. The van der Waals surface area contributed by atoms with E-state index in [1.807, 2.05) is 0 Å². The summed E-state index contributed by atoms with van der Waals surface area (Å²) in [6.07, 6.45) is 59.7. The van der Waals surface area contributed by atoms with Crippen LogP contribution in [0.25, 0.3) is 0 Å². The van der Waals surface area contributed by atoms with E-state index in [9.17, 15) is 9.59 Å². The maximum absolute atomic E-state index is 12.8. The molecule has 5 heteroatoms. The Bertz CT molecular complexity index is 966. The standard InChI is InChI=1S/C53H96O5/c1-4-7-10-13-16-19-22-24-26-28-30-33-36-39-42-45-48-56-49-51(50-57-52(54)46-43-40-37-34-31-21-18-15-12-9-6-3)58-53(55)47-44-41-38-35-32-29-27-25-23-20-17-14-11-8-5-2/h15,17-18,20,25,27,32,35,51H,4-14,16,19,21-24,26,28-31,33-34,36-50H2,1-3H3/b18-15-,20-17-,27-25-,35-32-/t51-/m1/s1. The quantitative estimate of drug-likeness (QED) is 0.0348. The summed E-state index contributed by atoms with van der Waals surface area (Å²) >= 11 is 0. The van der Waals surface area contributed by atoms with Crippen LogP contribution in [0.15, 0.2) is 48.6 Å². The molecule has 0 aliphatic carbocycles. The number of carbonyl (C=O) groups excluding carboxylic acids is 2. The van der Waals surface area contributed by atoms with Crippen LogP contribution in [-0.2, 0) is 23.8 Å². The molecule has 0 heterocycles. The van der Waals surface area contributed by atoms with Crippen molar-refractivity contribution in [3.63, 3.8) is 0 Å². The minimum absolute atomic E-state index is 0.0683. The molecule has 338 valence electrons. The van der Waals surface area contributed by atoms with Gasteiger partial charge < -0.3 is 14.2 Å². The molecule has 5 nitrogen and oxygen atoms in total. The van der Waals surface area contributed by atoms with E-state index < -0.39 is 6.10 Å². The molecule has 0 saturated carbocycles. The highest BCUT2D eigenvalue weighted by molar-refractivity contribution is 5.70. The Morgan fingerprint density at radius 1 is 0.379 bits per heavy atom. The molecule has 1 atom stereocenters. The highest BCUT2D eigenvalue weighted by Gasteiger charge is 2.17. The second-order valence-corrected chi connectivity index (χ2v) is 16.7. The Kier molecular flexibility index (Phi) is 47.4. The first-order chi connectivity index (χ1) is 28.6. The lowest BCUT2D eigenvalue weighted by molar-refractivity contribution is -0.163. The van der Waals surface area contributed by atoms with Gasteiger partial charge >= 0.3 is 11.9 Å². The van der Waals surface area contributed by atoms with Gasteiger partial charge in [0.25, 0.3) is 0 Å². The zero-order valence-electron chi connectivity index (χ0n) is 38.8. The first-order valence-corrected chi connectivity index (χ1v) is 25.2. The molecule has 0 N–H and O–H groups in total. The van der Waals surface area contributed by atoms with Crippen LogP contribution in [-0.4, -0.2) is 37.9 Å². The Hall–Kier alpha value is -2.14. The topological polar surface area (TPSA) is 61.8 Å². The van der Waals surface area contributed by atoms with Gasteiger partial charge in [-0.15, -0.1) is 0 Å². The van der Waals surface area contributed by atoms with Crippen molar-refractivity contribution in [1.29, 1.82) is 0 Å². The largest absolute Gasteiger partial charge is 0.462 e. The number of hydrogen-bond donors (Lipinski definition) is 0. The highest BCUT2D eigenvalue weighted by Crippen LogP contribution is 2.15. The van der Waals surface area contributed by atoms with Crippen molar-refractivity contribution in [2.24, 2.45) is 0 Å². The summed E-state index contributed by atoms with van der Waals surface area (Å²) < 4.78 is 17.3. The number of rotatable bonds is 46. The van der Waals surface area contributed by atoms with Gasteiger partial charge in [-0.3, -0.25) is 9.59 Å². The van der Waals surface area contributed by atoms with Crippen LogP contribution in [0.1, 0.15) is 252 Å². The first kappa shape index (κ1) is 55.9. The average molecular weight is 813 g/mol. The van der Waals surface area contributed by atoms with Crippen molar-refractivity contribution in [3.05, 3.63) is 48.6 Å². The molecule has 0 radical (unpaired) electrons. The van der Waals surface area contributed by atoms with E-state index in [0.29, 0.717) is 19.4 Å². The van der Waals surface area contributed by atoms with Gasteiger partial charge in [0.2, 0.25) is 0 Å². The summed E-state index contributed by atoms with van der Waals surface area (Å²) in [6, 6.07) is 0. The van der Waals surface area contributed by atoms with E-state index in [-0.39, 0.29) is 25.2 Å². The number of hydrogen-bond acceptors (Lipinski definition) is 5. The van der Waals surface area contributed by atoms with Gasteiger partial charge in [0.1, 0.15) is 6.61 Å². The monoisotopic (exact) mass is 813 g/mol. The van der Waals surface area contributed by atoms with Crippen molar-refractivity contribution < 1.29 is 23.8 Å². The summed E-state index contributed by atoms with van der Waals surface area (Å²) in [4.78, 5) is 25.3. The molecule has 0 fully saturated rings. The predicted molar refractivity (Wildman–Crippen MR) is 251 cm³/mol. The molecule has 0 saturated heterocycles. The normalized spacial score (nSPS) is 12.5. The van der Waals surface area contributed by atoms with Crippen molar-refractivity contribution in [2.75, 3.05) is 19.8 Å². The van der Waals surface area contributed by atoms with Crippen LogP contribution in [0.2, 0.25) is 0 Å². The maximum atomic E-state index is 12.8. The molecule has 58 heavy (non-hydrogen) atoms. The third kappa shape index (κ3) is 46.5. The van der Waals surface area contributed by atoms with Crippen LogP contribution >= 0.6 is 0 Å². The predicted octanol–water partition coefficient (Wildman–Crippen LogP) is 16.8. The molecule has 0 aromatic heterocycles. The molecular weight excluding hydrogens is 717 g/mol. The van der Waals surface area contributed by atoms with E-state index in [0.717, 1.165) is 70.6 Å². The van der Waals surface area contributed by atoms with Gasteiger partial charge in [0.05, 0.1) is 6.61 Å². The maximum Gasteiger partial charge on any atom is 0.306 e. The van der Waals surface area contributed by atoms with Crippen molar-refractivity contribution in [2.45, 2.75) is 258 Å². The second-order valence-electron chi connectivity index (χ2n) is 16.7. The molecule has 0 rings (SSSR count). The SMILES string of the molecule is CCCC/C=C\CCCCCCCC(=O)OC[C@@H](COCCCCCCCCCCCCCCCCCC)OC(=O)CCCC/C=C\C/C=C\C/C=C\CCCCC. The van der Waals surface area contributed by atoms with Gasteiger partial charge in [0.15, 0.2) is 6.10 Å². The van der Waals surface area contributed by atoms with Gasteiger partial charge in [0, 0.05) is 19.4 Å². The molecule has 0 aromatic rings. The first-order valence-electron chi connectivity index (χ1n) is 25.2. The molecular formula is C53H96O5. The lowest BCUT2D eigenvalue weighted by atomic mass is 10.0. The second kappa shape index (κ2) is 49.2. The average Bonchev–Trinajstić information content (AvgIpc) is 3.22. The highest BCUT2D eigenvalue weighted by atomic mass is 16.6. The minimum atomic E-state index is -0.555. The van der Waals surface area contributed by atoms with E-state index in [2.05, 4.69) is 69.4 Å². The zero-order valence-corrected chi connectivity index (χ0v) is 38.8. The fourth-order valence-electron chi connectivity index (χ4n) is 7.03. The lowest BCUT2D eigenvalue weighted by Gasteiger charge is -2.18. The van der Waals surface area contributed by atoms with Crippen LogP contribution < -0.4 is 0 Å². The molecule has 0 unspecified atom stereocenters. The molecule has 0 aromatic carbocycles. The number of ether oxygens (including phenoxy) is 3. The van der Waals surface area contributed by atoms with Gasteiger partial charge in [-0.05, 0) is 77.0 Å². The fraction of sp³-hybridized carbons (Fsp3) is 0.811. The molecule has 0 spiro atoms. The van der Waals surface area contributed by atoms with Crippen molar-refractivity contribution >= 4 is 11.9 Å². The summed E-state index contributed by atoms with van der Waals surface area (Å²) in [7, 11) is 0. The van der Waals surface area contributed by atoms with Gasteiger partial charge in [-0.1, -0.05) is 211 Å². The van der Waals surface area contributed by atoms with Crippen molar-refractivity contribution in [3.8, 4) is 0 Å². The minimum Gasteiger partial charge on any atom is -0.462 e. The Morgan fingerprint density at radius 2 is 0.741 bits per heavy atom. The van der Waals surface area contributed by atoms with Crippen LogP contribution in [0, 0.1) is 0 Å². The Labute approximate surface area is 361 Å². The number of unbranched alkanes of at least 4 members (excludes halogenated alkanes) is 27. The fourth-order valence-corrected chi connectivity index (χ4v) is 7.03. The lowest BCUT2D eigenvalue weighted by Crippen LogP contribution is -2.30. The summed E-state index contributed by atoms with van der Waals surface area (Å²) in [5.74, 6) is -0.444. The summed E-state index contributed by atoms with van der Waals surface area (Å²) in [5.41, 5.74) is 0. The smallest absolute Gasteiger partial charge is 0.306 e. The number of allylic oxidation sites excluding steroid dienone is 8. The van der Waals surface area contributed by atoms with E-state index in [1.165, 1.54) is 148 Å². The van der Waals surface area contributed by atoms with Gasteiger partial charge in [-0.25, -0.2) is 0 Å². The molecule has 0 bridgehead atoms. The van der Waals surface area contributed by atoms with Gasteiger partial charge in [-0.2, -0.15) is 0 Å². The Balaban J connectivity index is 4.30. The number of esters is 2. The van der Waals surface area contributed by atoms with Crippen LogP contribution in [0.4, 0.5) is 0 Å². The van der Waals surface area contributed by atoms with E-state index >= 15 is 0 Å². The third-order valence-electron chi connectivity index (χ3n) is 10.8. The molecule has 0 aliphatic rings. The van der Waals surface area contributed by atoms with E-state index in [1.54, 1.807) is 0 Å². The van der Waals surface area contributed by atoms with E-state index in [4.69, 9.17) is 14.2 Å². The third-order valence-corrected chi connectivity index (χ3v) is 10.8. The van der Waals surface area contributed by atoms with Crippen molar-refractivity contribution in [1.82, 2.24) is 0 Å². The molecule has 0 aliphatic heterocycles. The Morgan fingerprint density at radius 3 is 1.29 bits per heavy atom. The molecule has 0 amide bonds. The van der Waals surface area contributed by atoms with Crippen LogP contribution in [0.3, 0.4) is 0 Å². The van der Waals surface area contributed by atoms with Crippen LogP contribution in [0.5, 0.6) is 0 Å². The number of carbonyl (C=O) groups is 2. The summed E-state index contributed by atoms with van der Waals surface area (Å²) in [5, 5.41) is 0. The zero-order chi connectivity index (χ0) is 42.1.